The average molecular weight is 255 g/mol. The van der Waals surface area contributed by atoms with Crippen molar-refractivity contribution in [2.24, 2.45) is 4.99 Å². The monoisotopic (exact) mass is 255 g/mol. The van der Waals surface area contributed by atoms with E-state index in [-0.39, 0.29) is 0 Å². The van der Waals surface area contributed by atoms with Gasteiger partial charge in [-0.1, -0.05) is 12.1 Å². The Labute approximate surface area is 113 Å². The van der Waals surface area contributed by atoms with E-state index in [2.05, 4.69) is 4.99 Å². The van der Waals surface area contributed by atoms with Crippen LogP contribution >= 0.6 is 0 Å². The van der Waals surface area contributed by atoms with E-state index in [1.54, 1.807) is 20.4 Å². The van der Waals surface area contributed by atoms with Gasteiger partial charge in [0.25, 0.3) is 0 Å². The van der Waals surface area contributed by atoms with Crippen molar-refractivity contribution in [3.63, 3.8) is 0 Å². The quantitative estimate of drug-likeness (QED) is 0.779. The topological polar surface area (TPSA) is 30.8 Å². The Kier molecular flexibility index (Phi) is 4.18. The number of methoxy groups -OCH3 is 2. The second kappa shape index (κ2) is 6.05. The van der Waals surface area contributed by atoms with E-state index in [0.717, 1.165) is 22.7 Å². The van der Waals surface area contributed by atoms with Crippen LogP contribution in [0.25, 0.3) is 0 Å². The first kappa shape index (κ1) is 13.1. The molecule has 0 aliphatic carbocycles. The third-order valence-corrected chi connectivity index (χ3v) is 2.80. The molecule has 0 aliphatic rings. The lowest BCUT2D eigenvalue weighted by Crippen LogP contribution is -1.92. The number of aryl methyl sites for hydroxylation is 1. The summed E-state index contributed by atoms with van der Waals surface area (Å²) in [7, 11) is 3.27. The molecule has 0 bridgehead atoms. The van der Waals surface area contributed by atoms with Crippen LogP contribution in [0.4, 0.5) is 5.69 Å². The largest absolute Gasteiger partial charge is 0.497 e. The predicted octanol–water partition coefficient (Wildman–Crippen LogP) is 3.76. The third kappa shape index (κ3) is 3.35. The summed E-state index contributed by atoms with van der Waals surface area (Å²) in [6, 6.07) is 13.7. The SMILES string of the molecule is COc1ccc(C=Nc2cccc(C)c2)c(OC)c1. The first-order valence-corrected chi connectivity index (χ1v) is 6.05. The maximum absolute atomic E-state index is 5.33. The zero-order valence-electron chi connectivity index (χ0n) is 11.4. The van der Waals surface area contributed by atoms with Crippen molar-refractivity contribution in [1.82, 2.24) is 0 Å². The van der Waals surface area contributed by atoms with Crippen molar-refractivity contribution in [1.29, 1.82) is 0 Å². The predicted molar refractivity (Wildman–Crippen MR) is 78.0 cm³/mol. The Morgan fingerprint density at radius 2 is 1.84 bits per heavy atom. The Hall–Kier alpha value is -2.29. The lowest BCUT2D eigenvalue weighted by atomic mass is 10.2. The van der Waals surface area contributed by atoms with E-state index >= 15 is 0 Å². The van der Waals surface area contributed by atoms with E-state index < -0.39 is 0 Å². The molecule has 19 heavy (non-hydrogen) atoms. The molecule has 0 saturated heterocycles. The first-order valence-electron chi connectivity index (χ1n) is 6.05. The van der Waals surface area contributed by atoms with Gasteiger partial charge in [-0.2, -0.15) is 0 Å². The number of rotatable bonds is 4. The zero-order chi connectivity index (χ0) is 13.7. The van der Waals surface area contributed by atoms with Crippen LogP contribution in [0, 0.1) is 6.92 Å². The minimum Gasteiger partial charge on any atom is -0.497 e. The van der Waals surface area contributed by atoms with Gasteiger partial charge in [0, 0.05) is 17.8 Å². The molecule has 0 unspecified atom stereocenters. The summed E-state index contributed by atoms with van der Waals surface area (Å²) in [6.07, 6.45) is 1.80. The number of benzene rings is 2. The highest BCUT2D eigenvalue weighted by molar-refractivity contribution is 5.85. The van der Waals surface area contributed by atoms with Gasteiger partial charge in [-0.3, -0.25) is 4.99 Å². The van der Waals surface area contributed by atoms with E-state index in [0.29, 0.717) is 0 Å². The number of aliphatic imine (C=N–C) groups is 1. The van der Waals surface area contributed by atoms with E-state index in [9.17, 15) is 0 Å². The molecule has 0 heterocycles. The molecule has 2 aromatic carbocycles. The minimum absolute atomic E-state index is 0.746. The molecule has 2 rings (SSSR count). The van der Waals surface area contributed by atoms with Crippen LogP contribution in [-0.4, -0.2) is 20.4 Å². The molecular formula is C16H17NO2. The van der Waals surface area contributed by atoms with Crippen LogP contribution in [0.3, 0.4) is 0 Å². The fourth-order valence-electron chi connectivity index (χ4n) is 1.78. The highest BCUT2D eigenvalue weighted by atomic mass is 16.5. The van der Waals surface area contributed by atoms with Crippen LogP contribution in [-0.2, 0) is 0 Å². The molecule has 3 nitrogen and oxygen atoms in total. The van der Waals surface area contributed by atoms with Gasteiger partial charge in [0.15, 0.2) is 0 Å². The number of nitrogens with zero attached hydrogens (tertiary/aromatic N) is 1. The fraction of sp³-hybridized carbons (Fsp3) is 0.188. The summed E-state index contributed by atoms with van der Waals surface area (Å²) in [5.41, 5.74) is 3.04. The fourth-order valence-corrected chi connectivity index (χ4v) is 1.78. The molecule has 0 radical (unpaired) electrons. The van der Waals surface area contributed by atoms with Crippen molar-refractivity contribution >= 4 is 11.9 Å². The molecule has 0 aromatic heterocycles. The van der Waals surface area contributed by atoms with Crippen molar-refractivity contribution in [2.75, 3.05) is 14.2 Å². The molecule has 0 N–H and O–H groups in total. The van der Waals surface area contributed by atoms with Gasteiger partial charge < -0.3 is 9.47 Å². The van der Waals surface area contributed by atoms with Crippen LogP contribution in [0.2, 0.25) is 0 Å². The number of ether oxygens (including phenoxy) is 2. The summed E-state index contributed by atoms with van der Waals surface area (Å²) in [5.74, 6) is 1.51. The smallest absolute Gasteiger partial charge is 0.131 e. The minimum atomic E-state index is 0.746. The molecule has 0 saturated carbocycles. The number of hydrogen-bond donors (Lipinski definition) is 0. The lowest BCUT2D eigenvalue weighted by Gasteiger charge is -2.06. The van der Waals surface area contributed by atoms with E-state index in [1.807, 2.05) is 49.4 Å². The second-order valence-corrected chi connectivity index (χ2v) is 4.21. The molecule has 0 amide bonds. The summed E-state index contributed by atoms with van der Waals surface area (Å²) in [6.45, 7) is 2.05. The average Bonchev–Trinajstić information content (AvgIpc) is 2.45. The molecule has 0 fully saturated rings. The Morgan fingerprint density at radius 1 is 1.00 bits per heavy atom. The molecular weight excluding hydrogens is 238 g/mol. The second-order valence-electron chi connectivity index (χ2n) is 4.21. The van der Waals surface area contributed by atoms with Gasteiger partial charge in [0.05, 0.1) is 19.9 Å². The Morgan fingerprint density at radius 3 is 2.53 bits per heavy atom. The summed E-state index contributed by atoms with van der Waals surface area (Å²) >= 11 is 0. The van der Waals surface area contributed by atoms with Gasteiger partial charge in [-0.15, -0.1) is 0 Å². The molecule has 2 aromatic rings. The highest BCUT2D eigenvalue weighted by Gasteiger charge is 2.02. The van der Waals surface area contributed by atoms with Crippen LogP contribution in [0.15, 0.2) is 47.5 Å². The summed E-state index contributed by atoms with van der Waals surface area (Å²) < 4.78 is 10.5. The lowest BCUT2D eigenvalue weighted by molar-refractivity contribution is 0.394. The molecule has 0 aliphatic heterocycles. The molecule has 0 atom stereocenters. The summed E-state index contributed by atoms with van der Waals surface area (Å²) in [5, 5.41) is 0. The van der Waals surface area contributed by atoms with Crippen molar-refractivity contribution < 1.29 is 9.47 Å². The highest BCUT2D eigenvalue weighted by Crippen LogP contribution is 2.24. The Balaban J connectivity index is 2.27. The maximum atomic E-state index is 5.33. The van der Waals surface area contributed by atoms with Crippen LogP contribution < -0.4 is 9.47 Å². The number of hydrogen-bond acceptors (Lipinski definition) is 3. The van der Waals surface area contributed by atoms with E-state index in [1.165, 1.54) is 5.56 Å². The van der Waals surface area contributed by atoms with Gasteiger partial charge in [0.1, 0.15) is 11.5 Å². The van der Waals surface area contributed by atoms with Gasteiger partial charge in [-0.05, 0) is 36.8 Å². The van der Waals surface area contributed by atoms with Gasteiger partial charge in [0.2, 0.25) is 0 Å². The van der Waals surface area contributed by atoms with Crippen molar-refractivity contribution in [2.45, 2.75) is 6.92 Å². The zero-order valence-corrected chi connectivity index (χ0v) is 11.4. The summed E-state index contributed by atoms with van der Waals surface area (Å²) in [4.78, 5) is 4.46. The Bertz CT molecular complexity index is 591. The molecule has 0 spiro atoms. The third-order valence-electron chi connectivity index (χ3n) is 2.80. The van der Waals surface area contributed by atoms with E-state index in [4.69, 9.17) is 9.47 Å². The standard InChI is InChI=1S/C16H17NO2/c1-12-5-4-6-14(9-12)17-11-13-7-8-15(18-2)10-16(13)19-3/h4-11H,1-3H3. The van der Waals surface area contributed by atoms with Crippen molar-refractivity contribution in [3.05, 3.63) is 53.6 Å². The van der Waals surface area contributed by atoms with Crippen molar-refractivity contribution in [3.8, 4) is 11.5 Å². The maximum Gasteiger partial charge on any atom is 0.131 e. The molecule has 3 heteroatoms. The molecule has 98 valence electrons. The first-order chi connectivity index (χ1) is 9.22. The van der Waals surface area contributed by atoms with Crippen LogP contribution in [0.1, 0.15) is 11.1 Å². The van der Waals surface area contributed by atoms with Gasteiger partial charge >= 0.3 is 0 Å². The van der Waals surface area contributed by atoms with Gasteiger partial charge in [-0.25, -0.2) is 0 Å². The normalized spacial score (nSPS) is 10.7. The van der Waals surface area contributed by atoms with Crippen LogP contribution in [0.5, 0.6) is 11.5 Å².